The molecule has 7 nitrogen and oxygen atoms in total. The van der Waals surface area contributed by atoms with Gasteiger partial charge < -0.3 is 21.5 Å². The van der Waals surface area contributed by atoms with Crippen molar-refractivity contribution in [1.82, 2.24) is 19.7 Å². The standard InChI is InChI=1S/C18H20BrClN6O/c19-15-14(10-3-5-11(20)6-4-10)25-18-17(24-12-2-1-7-22-8-12)23-9-13(16(21)27)26(15)18/h3-6,9,12,16,22,27H,1-2,7-8,21H2,(H,23,24)/t12-,16?/m1/s1. The van der Waals surface area contributed by atoms with Gasteiger partial charge in [-0.3, -0.25) is 4.40 Å². The number of hydrogen-bond acceptors (Lipinski definition) is 6. The highest BCUT2D eigenvalue weighted by molar-refractivity contribution is 9.10. The van der Waals surface area contributed by atoms with Crippen LogP contribution in [0.25, 0.3) is 16.9 Å². The number of rotatable bonds is 4. The maximum absolute atomic E-state index is 10.00. The summed E-state index contributed by atoms with van der Waals surface area (Å²) in [6.07, 6.45) is 2.58. The van der Waals surface area contributed by atoms with Gasteiger partial charge in [0.05, 0.1) is 11.9 Å². The van der Waals surface area contributed by atoms with Crippen LogP contribution >= 0.6 is 27.5 Å². The molecule has 27 heavy (non-hydrogen) atoms. The zero-order valence-electron chi connectivity index (χ0n) is 14.5. The Morgan fingerprint density at radius 1 is 1.37 bits per heavy atom. The Bertz CT molecular complexity index is 953. The second kappa shape index (κ2) is 7.73. The summed E-state index contributed by atoms with van der Waals surface area (Å²) in [7, 11) is 0. The lowest BCUT2D eigenvalue weighted by atomic mass is 10.1. The van der Waals surface area contributed by atoms with E-state index in [-0.39, 0.29) is 6.04 Å². The average Bonchev–Trinajstić information content (AvgIpc) is 3.01. The molecule has 3 aromatic rings. The first kappa shape index (κ1) is 18.6. The molecule has 5 N–H and O–H groups in total. The number of halogens is 2. The van der Waals surface area contributed by atoms with Gasteiger partial charge in [0.15, 0.2) is 11.5 Å². The van der Waals surface area contributed by atoms with Gasteiger partial charge in [0, 0.05) is 23.2 Å². The fraction of sp³-hybridized carbons (Fsp3) is 0.333. The van der Waals surface area contributed by atoms with Gasteiger partial charge in [-0.15, -0.1) is 0 Å². The number of anilines is 1. The molecule has 0 aliphatic carbocycles. The summed E-state index contributed by atoms with van der Waals surface area (Å²) in [6.45, 7) is 1.91. The molecule has 2 atom stereocenters. The fourth-order valence-electron chi connectivity index (χ4n) is 3.31. The molecule has 142 valence electrons. The van der Waals surface area contributed by atoms with Crippen LogP contribution in [-0.2, 0) is 0 Å². The van der Waals surface area contributed by atoms with E-state index in [4.69, 9.17) is 22.3 Å². The molecule has 3 heterocycles. The lowest BCUT2D eigenvalue weighted by Gasteiger charge is -2.24. The normalized spacial score (nSPS) is 18.6. The smallest absolute Gasteiger partial charge is 0.181 e. The predicted octanol–water partition coefficient (Wildman–Crippen LogP) is 2.93. The van der Waals surface area contributed by atoms with Crippen LogP contribution in [0.3, 0.4) is 0 Å². The van der Waals surface area contributed by atoms with Gasteiger partial charge in [-0.2, -0.15) is 0 Å². The maximum Gasteiger partial charge on any atom is 0.181 e. The Morgan fingerprint density at radius 2 is 2.15 bits per heavy atom. The zero-order chi connectivity index (χ0) is 19.0. The molecule has 0 bridgehead atoms. The van der Waals surface area contributed by atoms with Crippen LogP contribution in [-0.4, -0.2) is 38.6 Å². The highest BCUT2D eigenvalue weighted by Gasteiger charge is 2.22. The summed E-state index contributed by atoms with van der Waals surface area (Å²) in [6, 6.07) is 7.71. The lowest BCUT2D eigenvalue weighted by molar-refractivity contribution is 0.179. The zero-order valence-corrected chi connectivity index (χ0v) is 16.8. The molecular weight excluding hydrogens is 432 g/mol. The first-order valence-corrected chi connectivity index (χ1v) is 9.95. The largest absolute Gasteiger partial charge is 0.373 e. The van der Waals surface area contributed by atoms with E-state index in [1.165, 1.54) is 0 Å². The number of piperidine rings is 1. The molecule has 0 radical (unpaired) electrons. The molecule has 1 aliphatic heterocycles. The summed E-state index contributed by atoms with van der Waals surface area (Å²) in [5.41, 5.74) is 8.44. The highest BCUT2D eigenvalue weighted by Crippen LogP contribution is 2.33. The fourth-order valence-corrected chi connectivity index (χ4v) is 4.13. The van der Waals surface area contributed by atoms with Crippen molar-refractivity contribution < 1.29 is 5.11 Å². The molecule has 0 saturated carbocycles. The number of imidazole rings is 1. The summed E-state index contributed by atoms with van der Waals surface area (Å²) in [5, 5.41) is 17.5. The maximum atomic E-state index is 10.00. The SMILES string of the molecule is NC(O)c1cnc(N[C@@H]2CCCNC2)c2nc(-c3ccc(Cl)cc3)c(Br)n12. The number of aliphatic hydroxyl groups is 1. The Labute approximate surface area is 170 Å². The van der Waals surface area contributed by atoms with Crippen LogP contribution < -0.4 is 16.4 Å². The topological polar surface area (TPSA) is 100 Å². The molecular formula is C18H20BrClN6O. The van der Waals surface area contributed by atoms with E-state index in [1.54, 1.807) is 10.6 Å². The third-order valence-corrected chi connectivity index (χ3v) is 5.66. The molecule has 1 saturated heterocycles. The number of hydrogen-bond donors (Lipinski definition) is 4. The van der Waals surface area contributed by atoms with Crippen molar-refractivity contribution in [2.45, 2.75) is 25.1 Å². The van der Waals surface area contributed by atoms with Crippen molar-refractivity contribution in [3.8, 4) is 11.3 Å². The van der Waals surface area contributed by atoms with Gasteiger partial charge in [-0.05, 0) is 47.4 Å². The van der Waals surface area contributed by atoms with E-state index in [9.17, 15) is 5.11 Å². The minimum Gasteiger partial charge on any atom is -0.373 e. The molecule has 0 spiro atoms. The Hall–Kier alpha value is -1.71. The van der Waals surface area contributed by atoms with Crippen molar-refractivity contribution in [3.05, 3.63) is 45.8 Å². The molecule has 2 aromatic heterocycles. The van der Waals surface area contributed by atoms with E-state index in [2.05, 4.69) is 31.5 Å². The van der Waals surface area contributed by atoms with Crippen molar-refractivity contribution in [2.24, 2.45) is 5.73 Å². The first-order valence-electron chi connectivity index (χ1n) is 8.78. The predicted molar refractivity (Wildman–Crippen MR) is 110 cm³/mol. The van der Waals surface area contributed by atoms with E-state index in [1.807, 2.05) is 24.3 Å². The van der Waals surface area contributed by atoms with Crippen LogP contribution in [0.15, 0.2) is 35.1 Å². The summed E-state index contributed by atoms with van der Waals surface area (Å²) in [4.78, 5) is 9.26. The van der Waals surface area contributed by atoms with Crippen LogP contribution in [0.1, 0.15) is 24.8 Å². The van der Waals surface area contributed by atoms with Crippen LogP contribution in [0, 0.1) is 0 Å². The van der Waals surface area contributed by atoms with Gasteiger partial charge in [0.25, 0.3) is 0 Å². The van der Waals surface area contributed by atoms with Gasteiger partial charge in [0.1, 0.15) is 16.5 Å². The van der Waals surface area contributed by atoms with E-state index in [0.29, 0.717) is 26.8 Å². The highest BCUT2D eigenvalue weighted by atomic mass is 79.9. The number of nitrogens with one attached hydrogen (secondary N) is 2. The van der Waals surface area contributed by atoms with Gasteiger partial charge >= 0.3 is 0 Å². The van der Waals surface area contributed by atoms with Gasteiger partial charge in [0.2, 0.25) is 0 Å². The number of fused-ring (bicyclic) bond motifs is 1. The minimum absolute atomic E-state index is 0.276. The summed E-state index contributed by atoms with van der Waals surface area (Å²) in [5.74, 6) is 0.661. The average molecular weight is 452 g/mol. The van der Waals surface area contributed by atoms with Crippen molar-refractivity contribution in [2.75, 3.05) is 18.4 Å². The number of aromatic nitrogens is 3. The summed E-state index contributed by atoms with van der Waals surface area (Å²) >= 11 is 9.62. The summed E-state index contributed by atoms with van der Waals surface area (Å²) < 4.78 is 2.49. The van der Waals surface area contributed by atoms with Crippen LogP contribution in [0.2, 0.25) is 5.02 Å². The Morgan fingerprint density at radius 3 is 2.81 bits per heavy atom. The van der Waals surface area contributed by atoms with Crippen molar-refractivity contribution in [1.29, 1.82) is 0 Å². The second-order valence-electron chi connectivity index (χ2n) is 6.58. The third-order valence-electron chi connectivity index (χ3n) is 4.68. The van der Waals surface area contributed by atoms with Crippen molar-refractivity contribution in [3.63, 3.8) is 0 Å². The number of benzene rings is 1. The monoisotopic (exact) mass is 450 g/mol. The van der Waals surface area contributed by atoms with Crippen LogP contribution in [0.4, 0.5) is 5.82 Å². The van der Waals surface area contributed by atoms with E-state index < -0.39 is 6.23 Å². The molecule has 9 heteroatoms. The minimum atomic E-state index is -1.17. The molecule has 1 fully saturated rings. The van der Waals surface area contributed by atoms with E-state index in [0.717, 1.165) is 37.2 Å². The third kappa shape index (κ3) is 3.68. The second-order valence-corrected chi connectivity index (χ2v) is 7.77. The van der Waals surface area contributed by atoms with E-state index >= 15 is 0 Å². The van der Waals surface area contributed by atoms with Gasteiger partial charge in [-0.1, -0.05) is 23.7 Å². The molecule has 1 aromatic carbocycles. The number of aliphatic hydroxyl groups excluding tert-OH is 1. The molecule has 1 aliphatic rings. The molecule has 0 amide bonds. The Kier molecular flexibility index (Phi) is 5.34. The van der Waals surface area contributed by atoms with Gasteiger partial charge in [-0.25, -0.2) is 9.97 Å². The quantitative estimate of drug-likeness (QED) is 0.455. The first-order chi connectivity index (χ1) is 13.0. The Balaban J connectivity index is 1.84. The molecule has 4 rings (SSSR count). The van der Waals surface area contributed by atoms with Crippen LogP contribution in [0.5, 0.6) is 0 Å². The number of nitrogens with two attached hydrogens (primary N) is 1. The van der Waals surface area contributed by atoms with Crippen molar-refractivity contribution >= 4 is 39.0 Å². The lowest BCUT2D eigenvalue weighted by Crippen LogP contribution is -2.38. The molecule has 1 unspecified atom stereocenters. The number of nitrogens with zero attached hydrogens (tertiary/aromatic N) is 3.